The number of hydrogen-bond donors (Lipinski definition) is 4. The molecule has 1 aromatic carbocycles. The van der Waals surface area contributed by atoms with Crippen molar-refractivity contribution in [2.24, 2.45) is 11.7 Å². The zero-order chi connectivity index (χ0) is 18.1. The molecule has 25 heavy (non-hydrogen) atoms. The van der Waals surface area contributed by atoms with Crippen LogP contribution in [0.3, 0.4) is 0 Å². The summed E-state index contributed by atoms with van der Waals surface area (Å²) in [5.41, 5.74) is 3.94. The molecule has 0 spiro atoms. The van der Waals surface area contributed by atoms with Crippen molar-refractivity contribution < 1.29 is 8.42 Å². The van der Waals surface area contributed by atoms with Gasteiger partial charge in [-0.15, -0.1) is 12.4 Å². The Kier molecular flexibility index (Phi) is 6.57. The summed E-state index contributed by atoms with van der Waals surface area (Å²) < 4.78 is 27.9. The number of sulfonamides is 1. The lowest BCUT2D eigenvalue weighted by Gasteiger charge is -2.30. The van der Waals surface area contributed by atoms with Crippen LogP contribution in [0.2, 0.25) is 0 Å². The number of nitrogens with two attached hydrogens (primary N) is 1. The lowest BCUT2D eigenvalue weighted by molar-refractivity contribution is 0.344. The lowest BCUT2D eigenvalue weighted by Crippen LogP contribution is -2.52. The summed E-state index contributed by atoms with van der Waals surface area (Å²) in [5, 5.41) is 0.0933. The van der Waals surface area contributed by atoms with E-state index in [0.717, 1.165) is 0 Å². The standard InChI is InChI=1S/C15H22N4O4S.ClH/c1-9(2)7-15(3,8-16)19-24(22,23)10-4-5-12-11(6-10)13(20)18-14(21)17-12;/h4-6,9,19H,7-8,16H2,1-3H3,(H2,17,18,20,21);1H. The molecule has 0 fully saturated rings. The maximum absolute atomic E-state index is 12.7. The third-order valence-corrected chi connectivity index (χ3v) is 5.35. The molecule has 8 nitrogen and oxygen atoms in total. The van der Waals surface area contributed by atoms with Gasteiger partial charge in [-0.05, 0) is 37.5 Å². The van der Waals surface area contributed by atoms with Crippen LogP contribution in [0.25, 0.3) is 10.9 Å². The Bertz CT molecular complexity index is 967. The van der Waals surface area contributed by atoms with Gasteiger partial charge in [-0.2, -0.15) is 0 Å². The average molecular weight is 391 g/mol. The number of halogens is 1. The summed E-state index contributed by atoms with van der Waals surface area (Å²) in [5.74, 6) is 0.255. The highest BCUT2D eigenvalue weighted by Gasteiger charge is 2.30. The molecule has 10 heteroatoms. The van der Waals surface area contributed by atoms with E-state index in [9.17, 15) is 18.0 Å². The van der Waals surface area contributed by atoms with Crippen LogP contribution in [-0.4, -0.2) is 30.5 Å². The maximum Gasteiger partial charge on any atom is 0.326 e. The molecular formula is C15H23ClN4O4S. The highest BCUT2D eigenvalue weighted by Crippen LogP contribution is 2.20. The quantitative estimate of drug-likeness (QED) is 0.574. The zero-order valence-corrected chi connectivity index (χ0v) is 15.9. The van der Waals surface area contributed by atoms with E-state index in [-0.39, 0.29) is 40.7 Å². The monoisotopic (exact) mass is 390 g/mol. The molecule has 140 valence electrons. The lowest BCUT2D eigenvalue weighted by atomic mass is 9.92. The van der Waals surface area contributed by atoms with Crippen LogP contribution in [0, 0.1) is 5.92 Å². The Labute approximate surface area is 151 Å². The number of benzene rings is 1. The van der Waals surface area contributed by atoms with Gasteiger partial charge in [-0.3, -0.25) is 9.78 Å². The SMILES string of the molecule is CC(C)CC(C)(CN)NS(=O)(=O)c1ccc2[nH]c(=O)[nH]c(=O)c2c1.Cl. The molecule has 2 aromatic rings. The summed E-state index contributed by atoms with van der Waals surface area (Å²) in [6, 6.07) is 3.97. The van der Waals surface area contributed by atoms with Crippen LogP contribution in [0.15, 0.2) is 32.7 Å². The third-order valence-electron chi connectivity index (χ3n) is 3.71. The first-order chi connectivity index (χ1) is 11.1. The number of fused-ring (bicyclic) bond motifs is 1. The molecule has 5 N–H and O–H groups in total. The molecule has 0 aliphatic carbocycles. The maximum atomic E-state index is 12.7. The summed E-state index contributed by atoms with van der Waals surface area (Å²) in [7, 11) is -3.87. The van der Waals surface area contributed by atoms with Crippen molar-refractivity contribution in [1.29, 1.82) is 0 Å². The summed E-state index contributed by atoms with van der Waals surface area (Å²) in [6.45, 7) is 5.85. The molecular weight excluding hydrogens is 368 g/mol. The minimum absolute atomic E-state index is 0. The Morgan fingerprint density at radius 2 is 1.88 bits per heavy atom. The average Bonchev–Trinajstić information content (AvgIpc) is 2.45. The molecule has 2 rings (SSSR count). The van der Waals surface area contributed by atoms with Crippen LogP contribution in [0.5, 0.6) is 0 Å². The van der Waals surface area contributed by atoms with E-state index in [1.54, 1.807) is 6.92 Å². The van der Waals surface area contributed by atoms with Crippen molar-refractivity contribution in [1.82, 2.24) is 14.7 Å². The van der Waals surface area contributed by atoms with E-state index >= 15 is 0 Å². The number of aromatic amines is 2. The van der Waals surface area contributed by atoms with E-state index in [1.807, 2.05) is 13.8 Å². The van der Waals surface area contributed by atoms with Gasteiger partial charge in [0, 0.05) is 12.1 Å². The molecule has 0 radical (unpaired) electrons. The van der Waals surface area contributed by atoms with Crippen LogP contribution in [-0.2, 0) is 10.0 Å². The van der Waals surface area contributed by atoms with Crippen molar-refractivity contribution in [2.75, 3.05) is 6.54 Å². The van der Waals surface area contributed by atoms with E-state index in [0.29, 0.717) is 6.42 Å². The third kappa shape index (κ3) is 4.91. The molecule has 1 heterocycles. The van der Waals surface area contributed by atoms with E-state index in [4.69, 9.17) is 5.73 Å². The van der Waals surface area contributed by atoms with Gasteiger partial charge in [0.15, 0.2) is 0 Å². The molecule has 0 saturated heterocycles. The van der Waals surface area contributed by atoms with Crippen molar-refractivity contribution in [3.05, 3.63) is 39.0 Å². The van der Waals surface area contributed by atoms with Crippen molar-refractivity contribution in [2.45, 2.75) is 37.6 Å². The van der Waals surface area contributed by atoms with E-state index < -0.39 is 26.8 Å². The molecule has 0 saturated carbocycles. The van der Waals surface area contributed by atoms with Gasteiger partial charge in [-0.25, -0.2) is 17.9 Å². The summed E-state index contributed by atoms with van der Waals surface area (Å²) in [6.07, 6.45) is 0.574. The topological polar surface area (TPSA) is 138 Å². The van der Waals surface area contributed by atoms with Gasteiger partial charge in [0.25, 0.3) is 5.56 Å². The summed E-state index contributed by atoms with van der Waals surface area (Å²) >= 11 is 0. The summed E-state index contributed by atoms with van der Waals surface area (Å²) in [4.78, 5) is 27.6. The van der Waals surface area contributed by atoms with Crippen LogP contribution >= 0.6 is 12.4 Å². The normalized spacial score (nSPS) is 14.3. The van der Waals surface area contributed by atoms with Crippen LogP contribution in [0.4, 0.5) is 0 Å². The van der Waals surface area contributed by atoms with Gasteiger partial charge < -0.3 is 10.7 Å². The Morgan fingerprint density at radius 1 is 1.24 bits per heavy atom. The molecule has 0 aliphatic heterocycles. The Morgan fingerprint density at radius 3 is 2.44 bits per heavy atom. The zero-order valence-electron chi connectivity index (χ0n) is 14.3. The molecule has 1 unspecified atom stereocenters. The number of H-pyrrole nitrogens is 2. The highest BCUT2D eigenvalue weighted by molar-refractivity contribution is 7.89. The second-order valence-corrected chi connectivity index (χ2v) is 8.27. The van der Waals surface area contributed by atoms with Gasteiger partial charge in [0.05, 0.1) is 15.8 Å². The Hall–Kier alpha value is -1.68. The number of rotatable bonds is 6. The number of aromatic nitrogens is 2. The van der Waals surface area contributed by atoms with Crippen LogP contribution in [0.1, 0.15) is 27.2 Å². The molecule has 0 bridgehead atoms. The van der Waals surface area contributed by atoms with E-state index in [1.165, 1.54) is 18.2 Å². The van der Waals surface area contributed by atoms with Gasteiger partial charge in [0.1, 0.15) is 0 Å². The van der Waals surface area contributed by atoms with Crippen molar-refractivity contribution >= 4 is 33.3 Å². The van der Waals surface area contributed by atoms with Gasteiger partial charge >= 0.3 is 5.69 Å². The smallest absolute Gasteiger partial charge is 0.326 e. The largest absolute Gasteiger partial charge is 0.329 e. The second-order valence-electron chi connectivity index (χ2n) is 6.58. The molecule has 1 aromatic heterocycles. The van der Waals surface area contributed by atoms with Crippen molar-refractivity contribution in [3.63, 3.8) is 0 Å². The highest BCUT2D eigenvalue weighted by atomic mass is 35.5. The van der Waals surface area contributed by atoms with Gasteiger partial charge in [-0.1, -0.05) is 13.8 Å². The first-order valence-corrected chi connectivity index (χ1v) is 9.05. The fraction of sp³-hybridized carbons (Fsp3) is 0.467. The van der Waals surface area contributed by atoms with Crippen LogP contribution < -0.4 is 21.7 Å². The first kappa shape index (κ1) is 21.4. The minimum atomic E-state index is -3.87. The number of nitrogens with one attached hydrogen (secondary N) is 3. The fourth-order valence-corrected chi connectivity index (χ4v) is 4.22. The molecule has 0 amide bonds. The predicted molar refractivity (Wildman–Crippen MR) is 99.7 cm³/mol. The molecule has 0 aliphatic rings. The fourth-order valence-electron chi connectivity index (χ4n) is 2.76. The number of hydrogen-bond acceptors (Lipinski definition) is 5. The Balaban J connectivity index is 0.00000312. The second kappa shape index (κ2) is 7.69. The predicted octanol–water partition coefficient (Wildman–Crippen LogP) is 0.680. The molecule has 1 atom stereocenters. The first-order valence-electron chi connectivity index (χ1n) is 7.57. The van der Waals surface area contributed by atoms with Crippen molar-refractivity contribution in [3.8, 4) is 0 Å². The minimum Gasteiger partial charge on any atom is -0.329 e. The van der Waals surface area contributed by atoms with E-state index in [2.05, 4.69) is 14.7 Å². The van der Waals surface area contributed by atoms with Gasteiger partial charge in [0.2, 0.25) is 10.0 Å².